The Balaban J connectivity index is 2.33. The summed E-state index contributed by atoms with van der Waals surface area (Å²) in [7, 11) is 0. The van der Waals surface area contributed by atoms with Crippen LogP contribution < -0.4 is 5.73 Å². The number of benzene rings is 2. The molecule has 0 aliphatic heterocycles. The van der Waals surface area contributed by atoms with Gasteiger partial charge in [-0.1, -0.05) is 34.1 Å². The number of halogens is 2. The molecule has 0 amide bonds. The number of nitrogens with two attached hydrogens (primary N) is 1. The molecule has 2 rings (SSSR count). The molecule has 2 aromatic carbocycles. The highest BCUT2D eigenvalue weighted by Gasteiger charge is 2.24. The number of anilines is 1. The molecule has 0 radical (unpaired) electrons. The van der Waals surface area contributed by atoms with Gasteiger partial charge < -0.3 is 5.73 Å². The second-order valence-electron chi connectivity index (χ2n) is 5.04. The minimum Gasteiger partial charge on any atom is -0.398 e. The summed E-state index contributed by atoms with van der Waals surface area (Å²) in [4.78, 5) is 24.3. The average Bonchev–Trinajstić information content (AvgIpc) is 2.47. The van der Waals surface area contributed by atoms with Crippen LogP contribution in [0.4, 0.5) is 10.1 Å². The number of Topliss-reactive ketones (excluding diaryl/α,β-unsaturated/α-hetero) is 2. The van der Waals surface area contributed by atoms with Gasteiger partial charge in [-0.15, -0.1) is 0 Å². The molecule has 0 aliphatic rings. The number of hydrogen-bond acceptors (Lipinski definition) is 3. The first-order valence-corrected chi connectivity index (χ1v) is 7.52. The summed E-state index contributed by atoms with van der Waals surface area (Å²) in [5.41, 5.74) is 6.71. The van der Waals surface area contributed by atoms with E-state index in [9.17, 15) is 14.0 Å². The molecular weight excluding hydrogens is 349 g/mol. The summed E-state index contributed by atoms with van der Waals surface area (Å²) in [5, 5.41) is 0. The van der Waals surface area contributed by atoms with Crippen LogP contribution in [0.3, 0.4) is 0 Å². The van der Waals surface area contributed by atoms with Crippen molar-refractivity contribution < 1.29 is 14.0 Å². The van der Waals surface area contributed by atoms with Crippen LogP contribution in [0.2, 0.25) is 0 Å². The fraction of sp³-hybridized carbons (Fsp3) is 0.176. The van der Waals surface area contributed by atoms with Crippen LogP contribution in [0.5, 0.6) is 0 Å². The third kappa shape index (κ3) is 3.60. The second kappa shape index (κ2) is 6.83. The van der Waals surface area contributed by atoms with E-state index >= 15 is 0 Å². The van der Waals surface area contributed by atoms with Crippen LogP contribution in [0.1, 0.15) is 35.2 Å². The Bertz CT molecular complexity index is 730. The van der Waals surface area contributed by atoms with Crippen molar-refractivity contribution in [1.29, 1.82) is 0 Å². The lowest BCUT2D eigenvalue weighted by Gasteiger charge is -2.15. The van der Waals surface area contributed by atoms with Crippen molar-refractivity contribution in [3.63, 3.8) is 0 Å². The summed E-state index contributed by atoms with van der Waals surface area (Å²) in [6.45, 7) is 1.36. The SMILES string of the molecule is CC(=O)C(CC(=O)c1cc(Br)ccc1N)c1ccccc1F. The monoisotopic (exact) mass is 363 g/mol. The quantitative estimate of drug-likeness (QED) is 0.642. The van der Waals surface area contributed by atoms with Gasteiger partial charge in [0, 0.05) is 22.1 Å². The molecule has 0 spiro atoms. The van der Waals surface area contributed by atoms with Crippen LogP contribution in [0, 0.1) is 5.82 Å². The molecule has 2 aromatic rings. The third-order valence-corrected chi connectivity index (χ3v) is 3.97. The lowest BCUT2D eigenvalue weighted by Crippen LogP contribution is -2.16. The van der Waals surface area contributed by atoms with Gasteiger partial charge in [0.1, 0.15) is 11.6 Å². The van der Waals surface area contributed by atoms with Gasteiger partial charge in [0.05, 0.1) is 5.92 Å². The highest BCUT2D eigenvalue weighted by molar-refractivity contribution is 9.10. The summed E-state index contributed by atoms with van der Waals surface area (Å²) < 4.78 is 14.6. The highest BCUT2D eigenvalue weighted by atomic mass is 79.9. The van der Waals surface area contributed by atoms with Gasteiger partial charge in [-0.05, 0) is 36.8 Å². The number of carbonyl (C=O) groups excluding carboxylic acids is 2. The Morgan fingerprint density at radius 3 is 2.55 bits per heavy atom. The zero-order valence-corrected chi connectivity index (χ0v) is 13.6. The van der Waals surface area contributed by atoms with Crippen molar-refractivity contribution in [2.45, 2.75) is 19.3 Å². The van der Waals surface area contributed by atoms with Gasteiger partial charge >= 0.3 is 0 Å². The van der Waals surface area contributed by atoms with Crippen LogP contribution >= 0.6 is 15.9 Å². The van der Waals surface area contributed by atoms with Gasteiger partial charge in [-0.25, -0.2) is 4.39 Å². The number of carbonyl (C=O) groups is 2. The minimum atomic E-state index is -0.813. The maximum Gasteiger partial charge on any atom is 0.166 e. The molecule has 0 saturated carbocycles. The maximum absolute atomic E-state index is 13.9. The van der Waals surface area contributed by atoms with E-state index in [1.54, 1.807) is 30.3 Å². The zero-order valence-electron chi connectivity index (χ0n) is 12.0. The van der Waals surface area contributed by atoms with E-state index in [4.69, 9.17) is 5.73 Å². The van der Waals surface area contributed by atoms with Crippen molar-refractivity contribution in [3.05, 3.63) is 63.9 Å². The van der Waals surface area contributed by atoms with Crippen molar-refractivity contribution in [2.24, 2.45) is 0 Å². The second-order valence-corrected chi connectivity index (χ2v) is 5.96. The van der Waals surface area contributed by atoms with Gasteiger partial charge in [0.25, 0.3) is 0 Å². The smallest absolute Gasteiger partial charge is 0.166 e. The molecule has 0 bridgehead atoms. The first kappa shape index (κ1) is 16.4. The molecule has 1 unspecified atom stereocenters. The van der Waals surface area contributed by atoms with Crippen molar-refractivity contribution >= 4 is 33.2 Å². The number of hydrogen-bond donors (Lipinski definition) is 1. The lowest BCUT2D eigenvalue weighted by atomic mass is 9.88. The summed E-state index contributed by atoms with van der Waals surface area (Å²) >= 11 is 3.28. The highest BCUT2D eigenvalue weighted by Crippen LogP contribution is 2.27. The van der Waals surface area contributed by atoms with Crippen molar-refractivity contribution in [1.82, 2.24) is 0 Å². The molecule has 0 saturated heterocycles. The van der Waals surface area contributed by atoms with E-state index < -0.39 is 11.7 Å². The van der Waals surface area contributed by atoms with E-state index in [-0.39, 0.29) is 23.6 Å². The minimum absolute atomic E-state index is 0.114. The van der Waals surface area contributed by atoms with E-state index in [0.717, 1.165) is 4.47 Å². The Morgan fingerprint density at radius 1 is 1.23 bits per heavy atom. The lowest BCUT2D eigenvalue weighted by molar-refractivity contribution is -0.118. The largest absolute Gasteiger partial charge is 0.398 e. The standard InChI is InChI=1S/C17H15BrFNO2/c1-10(21)13(12-4-2-3-5-15(12)19)9-17(22)14-8-11(18)6-7-16(14)20/h2-8,13H,9,20H2,1H3. The van der Waals surface area contributed by atoms with Gasteiger partial charge in [0.2, 0.25) is 0 Å². The zero-order chi connectivity index (χ0) is 16.3. The predicted molar refractivity (Wildman–Crippen MR) is 87.3 cm³/mol. The summed E-state index contributed by atoms with van der Waals surface area (Å²) in [5.74, 6) is -1.85. The maximum atomic E-state index is 13.9. The third-order valence-electron chi connectivity index (χ3n) is 3.48. The molecule has 0 heterocycles. The molecule has 0 fully saturated rings. The van der Waals surface area contributed by atoms with Crippen molar-refractivity contribution in [2.75, 3.05) is 5.73 Å². The van der Waals surface area contributed by atoms with E-state index in [1.165, 1.54) is 19.1 Å². The molecule has 2 N–H and O–H groups in total. The molecule has 5 heteroatoms. The fourth-order valence-corrected chi connectivity index (χ4v) is 2.66. The normalized spacial score (nSPS) is 12.0. The molecule has 22 heavy (non-hydrogen) atoms. The van der Waals surface area contributed by atoms with E-state index in [1.807, 2.05) is 0 Å². The number of nitrogen functional groups attached to an aromatic ring is 1. The van der Waals surface area contributed by atoms with E-state index in [2.05, 4.69) is 15.9 Å². The summed E-state index contributed by atoms with van der Waals surface area (Å²) in [6, 6.07) is 10.9. The Kier molecular flexibility index (Phi) is 5.08. The number of ketones is 2. The molecule has 1 atom stereocenters. The molecule has 0 aliphatic carbocycles. The molecular formula is C17H15BrFNO2. The van der Waals surface area contributed by atoms with Crippen LogP contribution in [0.15, 0.2) is 46.9 Å². The Labute approximate surface area is 136 Å². The van der Waals surface area contributed by atoms with Gasteiger partial charge in [-0.3, -0.25) is 9.59 Å². The van der Waals surface area contributed by atoms with Crippen LogP contribution in [-0.2, 0) is 4.79 Å². The average molecular weight is 364 g/mol. The molecule has 0 aromatic heterocycles. The van der Waals surface area contributed by atoms with Crippen molar-refractivity contribution in [3.8, 4) is 0 Å². The molecule has 114 valence electrons. The predicted octanol–water partition coefficient (Wildman–Crippen LogP) is 4.12. The Morgan fingerprint density at radius 2 is 1.91 bits per heavy atom. The molecule has 3 nitrogen and oxygen atoms in total. The fourth-order valence-electron chi connectivity index (χ4n) is 2.30. The first-order chi connectivity index (χ1) is 10.4. The topological polar surface area (TPSA) is 60.2 Å². The van der Waals surface area contributed by atoms with Crippen LogP contribution in [-0.4, -0.2) is 11.6 Å². The first-order valence-electron chi connectivity index (χ1n) is 6.73. The Hall–Kier alpha value is -2.01. The van der Waals surface area contributed by atoms with E-state index in [0.29, 0.717) is 11.3 Å². The van der Waals surface area contributed by atoms with Crippen LogP contribution in [0.25, 0.3) is 0 Å². The van der Waals surface area contributed by atoms with Gasteiger partial charge in [-0.2, -0.15) is 0 Å². The van der Waals surface area contributed by atoms with Gasteiger partial charge in [0.15, 0.2) is 5.78 Å². The number of rotatable bonds is 5. The summed E-state index contributed by atoms with van der Waals surface area (Å²) in [6.07, 6.45) is -0.114.